The molecule has 0 radical (unpaired) electrons. The van der Waals surface area contributed by atoms with Crippen molar-refractivity contribution in [3.05, 3.63) is 112 Å². The van der Waals surface area contributed by atoms with Crippen LogP contribution in [0.2, 0.25) is 0 Å². The summed E-state index contributed by atoms with van der Waals surface area (Å²) in [5.74, 6) is -1.51. The summed E-state index contributed by atoms with van der Waals surface area (Å²) < 4.78 is 12.0. The molecule has 7 rings (SSSR count). The summed E-state index contributed by atoms with van der Waals surface area (Å²) in [6.07, 6.45) is -0.730. The molecule has 0 aliphatic carbocycles. The number of thioether (sulfide) groups is 2. The zero-order chi connectivity index (χ0) is 33.2. The van der Waals surface area contributed by atoms with Crippen LogP contribution in [0.3, 0.4) is 0 Å². The van der Waals surface area contributed by atoms with Gasteiger partial charge in [0.2, 0.25) is 11.5 Å². The molecule has 2 aliphatic rings. The number of β-lactam (4-membered cyclic amide) rings is 1. The number of para-hydroxylation sites is 1. The molecule has 1 saturated heterocycles. The third-order valence-corrected chi connectivity index (χ3v) is 11.6. The van der Waals surface area contributed by atoms with Gasteiger partial charge in [0, 0.05) is 22.2 Å². The van der Waals surface area contributed by atoms with Crippen LogP contribution >= 0.6 is 46.4 Å². The average Bonchev–Trinajstić information content (AvgIpc) is 3.74. The van der Waals surface area contributed by atoms with Crippen molar-refractivity contribution in [3.8, 4) is 0 Å². The molecule has 2 amide bonds. The van der Waals surface area contributed by atoms with Gasteiger partial charge in [-0.1, -0.05) is 89.7 Å². The van der Waals surface area contributed by atoms with Gasteiger partial charge in [-0.3, -0.25) is 14.5 Å². The molecule has 3 aromatic carbocycles. The molecule has 0 saturated carbocycles. The molecule has 0 bridgehead atoms. The fourth-order valence-electron chi connectivity index (χ4n) is 5.22. The minimum Gasteiger partial charge on any atom is -0.448 e. The Hall–Kier alpha value is -4.77. The van der Waals surface area contributed by atoms with Gasteiger partial charge in [0.25, 0.3) is 11.8 Å². The summed E-state index contributed by atoms with van der Waals surface area (Å²) >= 11 is 5.15. The molecular weight excluding hydrogens is 691 g/mol. The lowest BCUT2D eigenvalue weighted by Gasteiger charge is -2.49. The van der Waals surface area contributed by atoms with Crippen molar-refractivity contribution in [2.24, 2.45) is 5.16 Å². The molecule has 1 unspecified atom stereocenters. The van der Waals surface area contributed by atoms with Crippen molar-refractivity contribution in [1.82, 2.24) is 24.6 Å². The number of nitrogens with two attached hydrogens (primary N) is 1. The molecule has 48 heavy (non-hydrogen) atoms. The highest BCUT2D eigenvalue weighted by atomic mass is 32.2. The Kier molecular flexibility index (Phi) is 9.12. The van der Waals surface area contributed by atoms with Crippen molar-refractivity contribution in [3.63, 3.8) is 0 Å². The maximum atomic E-state index is 14.3. The molecule has 5 aromatic rings. The number of benzene rings is 3. The van der Waals surface area contributed by atoms with Gasteiger partial charge in [0.15, 0.2) is 15.6 Å². The number of fused-ring (bicyclic) bond motifs is 2. The second-order valence-electron chi connectivity index (χ2n) is 10.4. The molecule has 16 heteroatoms. The number of nitrogens with one attached hydrogen (secondary N) is 1. The number of esters is 1. The summed E-state index contributed by atoms with van der Waals surface area (Å²) in [7, 11) is 1.28. The number of nitrogen functional groups attached to an aromatic ring is 1. The largest absolute Gasteiger partial charge is 0.448 e. The minimum atomic E-state index is -0.962. The van der Waals surface area contributed by atoms with Crippen molar-refractivity contribution in [1.29, 1.82) is 0 Å². The molecule has 242 valence electrons. The number of rotatable bonds is 10. The molecule has 3 N–H and O–H groups in total. The Morgan fingerprint density at radius 3 is 2.35 bits per heavy atom. The second kappa shape index (κ2) is 13.8. The van der Waals surface area contributed by atoms with Gasteiger partial charge in [-0.15, -0.1) is 23.1 Å². The molecule has 4 heterocycles. The Morgan fingerprint density at radius 2 is 1.71 bits per heavy atom. The molecule has 2 aromatic heterocycles. The van der Waals surface area contributed by atoms with Gasteiger partial charge >= 0.3 is 5.97 Å². The topological polar surface area (TPSA) is 162 Å². The number of nitrogens with zero attached hydrogens (tertiary/aromatic N) is 5. The monoisotopic (exact) mass is 715 g/mol. The first-order chi connectivity index (χ1) is 23.4. The van der Waals surface area contributed by atoms with Crippen LogP contribution in [0.5, 0.6) is 0 Å². The number of hydrogen-bond donors (Lipinski definition) is 2. The Balaban J connectivity index is 1.21. The van der Waals surface area contributed by atoms with Crippen LogP contribution in [-0.2, 0) is 24.0 Å². The number of aromatic nitrogens is 3. The van der Waals surface area contributed by atoms with Gasteiger partial charge < -0.3 is 20.6 Å². The van der Waals surface area contributed by atoms with Gasteiger partial charge in [0.05, 0.1) is 10.2 Å². The van der Waals surface area contributed by atoms with E-state index in [1.807, 2.05) is 84.9 Å². The number of oxime groups is 1. The highest BCUT2D eigenvalue weighted by molar-refractivity contribution is 8.07. The Labute approximate surface area is 290 Å². The zero-order valence-corrected chi connectivity index (χ0v) is 28.3. The summed E-state index contributed by atoms with van der Waals surface area (Å²) in [6.45, 7) is 0. The standard InChI is InChI=1S/C32H25N7O5S4/c1-43-37-22(26-36-31(33)48-38-26)27(40)35-23-28(41)39-24(21(16-45-29(23)39)47-32-34-19-14-8-9-15-20(19)46-32)30(42)44-25(17-10-4-2-5-11-17)18-12-6-3-7-13-18/h2-15,23,25,29H,16H2,1H3,(H,35,40)(H2,33,36,38)/b37-22-/t23?,29-/m1/s1. The van der Waals surface area contributed by atoms with Crippen LogP contribution in [0, 0.1) is 0 Å². The predicted molar refractivity (Wildman–Crippen MR) is 186 cm³/mol. The van der Waals surface area contributed by atoms with E-state index < -0.39 is 35.3 Å². The van der Waals surface area contributed by atoms with Crippen LogP contribution in [0.15, 0.2) is 105 Å². The second-order valence-corrected chi connectivity index (χ2v) is 14.6. The van der Waals surface area contributed by atoms with Crippen molar-refractivity contribution >= 4 is 85.2 Å². The molecule has 12 nitrogen and oxygen atoms in total. The van der Waals surface area contributed by atoms with Gasteiger partial charge in [-0.05, 0) is 23.3 Å². The third kappa shape index (κ3) is 6.26. The fourth-order valence-corrected chi connectivity index (χ4v) is 9.36. The number of anilines is 1. The van der Waals surface area contributed by atoms with Crippen molar-refractivity contribution in [2.75, 3.05) is 18.6 Å². The SMILES string of the molecule is CO/N=C(\C(=O)NC1C(=O)N2C(C(=O)OC(c3ccccc3)c3ccccc3)=C(Sc3nc4ccccc4s3)CS[C@H]12)c1nsc(N)n1. The first-order valence-corrected chi connectivity index (χ1v) is 17.9. The van der Waals surface area contributed by atoms with Crippen LogP contribution in [0.1, 0.15) is 23.1 Å². The molecule has 0 spiro atoms. The van der Waals surface area contributed by atoms with E-state index in [-0.39, 0.29) is 22.4 Å². The smallest absolute Gasteiger partial charge is 0.356 e. The van der Waals surface area contributed by atoms with Gasteiger partial charge in [-0.25, -0.2) is 9.78 Å². The zero-order valence-electron chi connectivity index (χ0n) is 25.0. The van der Waals surface area contributed by atoms with E-state index >= 15 is 0 Å². The minimum absolute atomic E-state index is 0.0247. The van der Waals surface area contributed by atoms with Crippen LogP contribution in [-0.4, -0.2) is 67.0 Å². The first kappa shape index (κ1) is 31.8. The quantitative estimate of drug-likeness (QED) is 0.0883. The molecular formula is C32H25N7O5S4. The molecule has 2 aliphatic heterocycles. The summed E-state index contributed by atoms with van der Waals surface area (Å²) in [6, 6.07) is 25.7. The average molecular weight is 716 g/mol. The van der Waals surface area contributed by atoms with Gasteiger partial charge in [0.1, 0.15) is 24.2 Å². The Bertz CT molecular complexity index is 2000. The Morgan fingerprint density at radius 1 is 1.02 bits per heavy atom. The molecule has 1 fully saturated rings. The maximum absolute atomic E-state index is 14.3. The van der Waals surface area contributed by atoms with Crippen molar-refractivity contribution < 1.29 is 24.0 Å². The van der Waals surface area contributed by atoms with E-state index in [0.29, 0.717) is 10.7 Å². The van der Waals surface area contributed by atoms with E-state index in [4.69, 9.17) is 20.3 Å². The number of thiazole rings is 1. The number of carbonyl (C=O) groups is 3. The summed E-state index contributed by atoms with van der Waals surface area (Å²) in [5, 5.41) is 6.04. The summed E-state index contributed by atoms with van der Waals surface area (Å²) in [5.41, 5.74) is 8.00. The lowest BCUT2D eigenvalue weighted by molar-refractivity contribution is -0.154. The molecule has 2 atom stereocenters. The summed E-state index contributed by atoms with van der Waals surface area (Å²) in [4.78, 5) is 57.1. The van der Waals surface area contributed by atoms with E-state index in [1.54, 1.807) is 0 Å². The van der Waals surface area contributed by atoms with Crippen molar-refractivity contribution in [2.45, 2.75) is 21.9 Å². The van der Waals surface area contributed by atoms with Crippen LogP contribution in [0.25, 0.3) is 10.2 Å². The maximum Gasteiger partial charge on any atom is 0.356 e. The fraction of sp³-hybridized carbons (Fsp3) is 0.156. The first-order valence-electron chi connectivity index (χ1n) is 14.4. The highest BCUT2D eigenvalue weighted by Gasteiger charge is 2.55. The normalized spacial score (nSPS) is 17.7. The number of hydrogen-bond acceptors (Lipinski definition) is 14. The van der Waals surface area contributed by atoms with Crippen LogP contribution < -0.4 is 11.1 Å². The lowest BCUT2D eigenvalue weighted by Crippen LogP contribution is -2.71. The van der Waals surface area contributed by atoms with Gasteiger partial charge in [-0.2, -0.15) is 9.36 Å². The number of ether oxygens (including phenoxy) is 1. The van der Waals surface area contributed by atoms with E-state index in [0.717, 1.165) is 37.2 Å². The van der Waals surface area contributed by atoms with E-state index in [2.05, 4.69) is 19.8 Å². The third-order valence-electron chi connectivity index (χ3n) is 7.38. The lowest BCUT2D eigenvalue weighted by atomic mass is 10.0. The van der Waals surface area contributed by atoms with E-state index in [9.17, 15) is 14.4 Å². The van der Waals surface area contributed by atoms with E-state index in [1.165, 1.54) is 46.9 Å². The number of carbonyl (C=O) groups excluding carboxylic acids is 3. The van der Waals surface area contributed by atoms with Crippen LogP contribution in [0.4, 0.5) is 5.13 Å². The predicted octanol–water partition coefficient (Wildman–Crippen LogP) is 4.82. The highest BCUT2D eigenvalue weighted by Crippen LogP contribution is 2.47. The number of amides is 2.